The van der Waals surface area contributed by atoms with Crippen LogP contribution in [0.1, 0.15) is 12.8 Å². The van der Waals surface area contributed by atoms with Crippen LogP contribution in [0.25, 0.3) is 0 Å². The molecular weight excluding hydrogens is 220 g/mol. The number of piperidine rings is 1. The summed E-state index contributed by atoms with van der Waals surface area (Å²) in [6, 6.07) is 1.82. The molecule has 1 aromatic rings. The van der Waals surface area contributed by atoms with E-state index in [0.717, 1.165) is 31.7 Å². The number of rotatable bonds is 3. The molecule has 0 aromatic carbocycles. The van der Waals surface area contributed by atoms with Crippen LogP contribution in [-0.2, 0) is 4.79 Å². The predicted octanol–water partition coefficient (Wildman–Crippen LogP) is -0.536. The highest BCUT2D eigenvalue weighted by Gasteiger charge is 2.23. The summed E-state index contributed by atoms with van der Waals surface area (Å²) in [5.74, 6) is 6.23. The van der Waals surface area contributed by atoms with Crippen molar-refractivity contribution in [3.8, 4) is 0 Å². The highest BCUT2D eigenvalue weighted by Crippen LogP contribution is 2.21. The number of amides is 1. The molecule has 5 N–H and O–H groups in total. The lowest BCUT2D eigenvalue weighted by Crippen LogP contribution is -2.39. The molecule has 7 heteroatoms. The monoisotopic (exact) mass is 236 g/mol. The Morgan fingerprint density at radius 3 is 2.76 bits per heavy atom. The number of aromatic nitrogens is 2. The van der Waals surface area contributed by atoms with E-state index in [9.17, 15) is 4.79 Å². The second kappa shape index (κ2) is 4.96. The van der Waals surface area contributed by atoms with E-state index in [4.69, 9.17) is 11.6 Å². The SMILES string of the molecule is NNc1nccc(N2CCC(C(N)=O)CC2)n1. The van der Waals surface area contributed by atoms with E-state index >= 15 is 0 Å². The van der Waals surface area contributed by atoms with Gasteiger partial charge in [-0.15, -0.1) is 0 Å². The van der Waals surface area contributed by atoms with Crippen molar-refractivity contribution >= 4 is 17.7 Å². The molecule has 1 fully saturated rings. The lowest BCUT2D eigenvalue weighted by molar-refractivity contribution is -0.122. The quantitative estimate of drug-likeness (QED) is 0.480. The lowest BCUT2D eigenvalue weighted by Gasteiger charge is -2.31. The van der Waals surface area contributed by atoms with Gasteiger partial charge >= 0.3 is 0 Å². The minimum Gasteiger partial charge on any atom is -0.369 e. The van der Waals surface area contributed by atoms with Crippen molar-refractivity contribution in [2.24, 2.45) is 17.5 Å². The van der Waals surface area contributed by atoms with Crippen LogP contribution in [0.15, 0.2) is 12.3 Å². The lowest BCUT2D eigenvalue weighted by atomic mass is 9.96. The van der Waals surface area contributed by atoms with Gasteiger partial charge in [0.15, 0.2) is 0 Å². The summed E-state index contributed by atoms with van der Waals surface area (Å²) in [6.45, 7) is 1.54. The van der Waals surface area contributed by atoms with Crippen LogP contribution in [0, 0.1) is 5.92 Å². The average Bonchev–Trinajstić information content (AvgIpc) is 2.39. The number of nitrogen functional groups attached to an aromatic ring is 1. The summed E-state index contributed by atoms with van der Waals surface area (Å²) >= 11 is 0. The number of hydrogen-bond donors (Lipinski definition) is 3. The number of nitrogens with two attached hydrogens (primary N) is 2. The summed E-state index contributed by atoms with van der Waals surface area (Å²) in [6.07, 6.45) is 3.19. The van der Waals surface area contributed by atoms with Gasteiger partial charge in [-0.3, -0.25) is 10.2 Å². The fraction of sp³-hybridized carbons (Fsp3) is 0.500. The molecule has 92 valence electrons. The molecule has 1 aliphatic rings. The van der Waals surface area contributed by atoms with E-state index in [2.05, 4.69) is 20.3 Å². The first-order valence-electron chi connectivity index (χ1n) is 5.54. The summed E-state index contributed by atoms with van der Waals surface area (Å²) in [7, 11) is 0. The second-order valence-electron chi connectivity index (χ2n) is 4.05. The topological polar surface area (TPSA) is 110 Å². The van der Waals surface area contributed by atoms with Gasteiger partial charge in [0.2, 0.25) is 11.9 Å². The molecule has 1 aliphatic heterocycles. The molecule has 7 nitrogen and oxygen atoms in total. The third kappa shape index (κ3) is 2.62. The highest BCUT2D eigenvalue weighted by molar-refractivity contribution is 5.76. The van der Waals surface area contributed by atoms with Gasteiger partial charge in [-0.05, 0) is 18.9 Å². The first-order valence-corrected chi connectivity index (χ1v) is 5.54. The van der Waals surface area contributed by atoms with Crippen molar-refractivity contribution in [2.45, 2.75) is 12.8 Å². The van der Waals surface area contributed by atoms with E-state index in [0.29, 0.717) is 5.95 Å². The minimum absolute atomic E-state index is 0.0137. The van der Waals surface area contributed by atoms with E-state index < -0.39 is 0 Å². The molecule has 0 spiro atoms. The maximum absolute atomic E-state index is 11.0. The molecule has 1 saturated heterocycles. The van der Waals surface area contributed by atoms with Gasteiger partial charge in [0.25, 0.3) is 0 Å². The van der Waals surface area contributed by atoms with Crippen LogP contribution < -0.4 is 21.9 Å². The molecule has 0 bridgehead atoms. The van der Waals surface area contributed by atoms with Crippen molar-refractivity contribution < 1.29 is 4.79 Å². The fourth-order valence-corrected chi connectivity index (χ4v) is 1.99. The summed E-state index contributed by atoms with van der Waals surface area (Å²) < 4.78 is 0. The van der Waals surface area contributed by atoms with E-state index in [-0.39, 0.29) is 11.8 Å². The number of anilines is 2. The number of hydrogen-bond acceptors (Lipinski definition) is 6. The van der Waals surface area contributed by atoms with Crippen LogP contribution in [0.2, 0.25) is 0 Å². The van der Waals surface area contributed by atoms with Gasteiger partial charge < -0.3 is 10.6 Å². The largest absolute Gasteiger partial charge is 0.369 e. The normalized spacial score (nSPS) is 16.9. The standard InChI is InChI=1S/C10H16N6O/c11-9(17)7-2-5-16(6-3-7)8-1-4-13-10(14-8)15-12/h1,4,7H,2-3,5-6,12H2,(H2,11,17)(H,13,14,15). The molecule has 2 rings (SSSR count). The van der Waals surface area contributed by atoms with Gasteiger partial charge in [0.1, 0.15) is 5.82 Å². The van der Waals surface area contributed by atoms with Gasteiger partial charge in [-0.2, -0.15) is 4.98 Å². The van der Waals surface area contributed by atoms with Gasteiger partial charge in [-0.1, -0.05) is 0 Å². The Balaban J connectivity index is 2.02. The Kier molecular flexibility index (Phi) is 3.38. The maximum atomic E-state index is 11.0. The van der Waals surface area contributed by atoms with Crippen molar-refractivity contribution in [3.05, 3.63) is 12.3 Å². The highest BCUT2D eigenvalue weighted by atomic mass is 16.1. The first kappa shape index (κ1) is 11.6. The van der Waals surface area contributed by atoms with Crippen LogP contribution in [-0.4, -0.2) is 29.0 Å². The Morgan fingerprint density at radius 1 is 1.47 bits per heavy atom. The Bertz CT molecular complexity index is 402. The fourth-order valence-electron chi connectivity index (χ4n) is 1.99. The maximum Gasteiger partial charge on any atom is 0.239 e. The zero-order chi connectivity index (χ0) is 12.3. The molecule has 17 heavy (non-hydrogen) atoms. The van der Waals surface area contributed by atoms with Crippen molar-refractivity contribution in [1.29, 1.82) is 0 Å². The molecule has 2 heterocycles. The Labute approximate surface area is 99.2 Å². The molecular formula is C10H16N6O. The summed E-state index contributed by atoms with van der Waals surface area (Å²) in [5.41, 5.74) is 7.70. The van der Waals surface area contributed by atoms with E-state index in [1.165, 1.54) is 0 Å². The third-order valence-corrected chi connectivity index (χ3v) is 2.99. The van der Waals surface area contributed by atoms with Crippen LogP contribution in [0.5, 0.6) is 0 Å². The summed E-state index contributed by atoms with van der Waals surface area (Å²) in [4.78, 5) is 21.3. The number of nitrogens with zero attached hydrogens (tertiary/aromatic N) is 3. The number of carbonyl (C=O) groups excluding carboxylic acids is 1. The van der Waals surface area contributed by atoms with E-state index in [1.54, 1.807) is 6.20 Å². The van der Waals surface area contributed by atoms with E-state index in [1.807, 2.05) is 6.07 Å². The number of carbonyl (C=O) groups is 1. The second-order valence-corrected chi connectivity index (χ2v) is 4.05. The molecule has 0 saturated carbocycles. The minimum atomic E-state index is -0.211. The molecule has 0 radical (unpaired) electrons. The number of hydrazine groups is 1. The molecule has 0 unspecified atom stereocenters. The zero-order valence-corrected chi connectivity index (χ0v) is 9.47. The summed E-state index contributed by atoms with van der Waals surface area (Å²) in [5, 5.41) is 0. The number of nitrogens with one attached hydrogen (secondary N) is 1. The van der Waals surface area contributed by atoms with Crippen molar-refractivity contribution in [3.63, 3.8) is 0 Å². The van der Waals surface area contributed by atoms with Crippen LogP contribution in [0.3, 0.4) is 0 Å². The number of primary amides is 1. The van der Waals surface area contributed by atoms with Gasteiger partial charge in [0, 0.05) is 25.2 Å². The molecule has 0 aliphatic carbocycles. The molecule has 0 atom stereocenters. The zero-order valence-electron chi connectivity index (χ0n) is 9.47. The third-order valence-electron chi connectivity index (χ3n) is 2.99. The Hall–Kier alpha value is -1.89. The average molecular weight is 236 g/mol. The van der Waals surface area contributed by atoms with Gasteiger partial charge in [0.05, 0.1) is 0 Å². The van der Waals surface area contributed by atoms with Crippen molar-refractivity contribution in [1.82, 2.24) is 9.97 Å². The predicted molar refractivity (Wildman–Crippen MR) is 64.0 cm³/mol. The van der Waals surface area contributed by atoms with Crippen molar-refractivity contribution in [2.75, 3.05) is 23.4 Å². The van der Waals surface area contributed by atoms with Gasteiger partial charge in [-0.25, -0.2) is 10.8 Å². The smallest absolute Gasteiger partial charge is 0.239 e. The molecule has 1 aromatic heterocycles. The van der Waals surface area contributed by atoms with Crippen LogP contribution >= 0.6 is 0 Å². The molecule has 1 amide bonds. The van der Waals surface area contributed by atoms with Crippen LogP contribution in [0.4, 0.5) is 11.8 Å². The Morgan fingerprint density at radius 2 is 2.18 bits per heavy atom. The first-order chi connectivity index (χ1) is 8.20.